The van der Waals surface area contributed by atoms with Gasteiger partial charge in [-0.3, -0.25) is 0 Å². The van der Waals surface area contributed by atoms with Gasteiger partial charge < -0.3 is 9.13 Å². The number of rotatable bonds is 4. The van der Waals surface area contributed by atoms with E-state index in [2.05, 4.69) is 105 Å². The van der Waals surface area contributed by atoms with E-state index in [0.717, 1.165) is 77.2 Å². The molecule has 0 radical (unpaired) electrons. The highest BCUT2D eigenvalue weighted by molar-refractivity contribution is 6.11. The van der Waals surface area contributed by atoms with Crippen molar-refractivity contribution in [1.82, 2.24) is 9.13 Å². The second-order valence-corrected chi connectivity index (χ2v) is 12.3. The van der Waals surface area contributed by atoms with Crippen LogP contribution in [0.2, 0.25) is 0 Å². The summed E-state index contributed by atoms with van der Waals surface area (Å²) in [6.07, 6.45) is 0. The average molecular weight is 636 g/mol. The van der Waals surface area contributed by atoms with E-state index in [1.165, 1.54) is 0 Å². The second kappa shape index (κ2) is 11.4. The van der Waals surface area contributed by atoms with Crippen molar-refractivity contribution in [3.63, 3.8) is 0 Å². The molecule has 0 atom stereocenters. The molecule has 0 aliphatic heterocycles. The van der Waals surface area contributed by atoms with Gasteiger partial charge in [-0.1, -0.05) is 97.1 Å². The zero-order valence-corrected chi connectivity index (χ0v) is 26.7. The molecule has 5 heteroatoms. The van der Waals surface area contributed by atoms with Crippen molar-refractivity contribution in [1.29, 1.82) is 10.5 Å². The molecule has 0 spiro atoms. The van der Waals surface area contributed by atoms with Crippen LogP contribution in [0.5, 0.6) is 0 Å². The molecule has 2 aromatic heterocycles. The Morgan fingerprint density at radius 3 is 1.80 bits per heavy atom. The number of aromatic nitrogens is 2. The second-order valence-electron chi connectivity index (χ2n) is 12.3. The smallest absolute Gasteiger partial charge is 0.189 e. The van der Waals surface area contributed by atoms with Crippen molar-refractivity contribution >= 4 is 49.3 Å². The molecule has 9 aromatic rings. The lowest BCUT2D eigenvalue weighted by molar-refractivity contribution is 1.17. The molecule has 230 valence electrons. The van der Waals surface area contributed by atoms with Gasteiger partial charge in [0.2, 0.25) is 0 Å². The van der Waals surface area contributed by atoms with Gasteiger partial charge in [0, 0.05) is 32.6 Å². The standard InChI is InChI=1S/C45H25N5/c1-48-34-20-21-38-39-24-29(27-46)14-22-44(39)50(45(38)26-34)41-11-5-2-8-35(41)31-17-15-30(16-18-31)32-19-23-40(33(25-32)28-47)49-42-12-6-3-9-36(42)37-10-4-7-13-43(37)49/h2-26H. The Balaban J connectivity index is 1.14. The zero-order valence-electron chi connectivity index (χ0n) is 26.7. The van der Waals surface area contributed by atoms with Crippen molar-refractivity contribution in [2.45, 2.75) is 0 Å². The molecule has 0 amide bonds. The third kappa shape index (κ3) is 4.38. The van der Waals surface area contributed by atoms with E-state index in [9.17, 15) is 10.5 Å². The third-order valence-electron chi connectivity index (χ3n) is 9.62. The molecular weight excluding hydrogens is 611 g/mol. The van der Waals surface area contributed by atoms with Crippen LogP contribution >= 0.6 is 0 Å². The topological polar surface area (TPSA) is 61.8 Å². The van der Waals surface area contributed by atoms with Crippen LogP contribution in [0.25, 0.3) is 82.1 Å². The minimum atomic E-state index is 0.560. The van der Waals surface area contributed by atoms with E-state index in [0.29, 0.717) is 16.8 Å². The fraction of sp³-hybridized carbons (Fsp3) is 0. The fourth-order valence-electron chi connectivity index (χ4n) is 7.35. The Kier molecular flexibility index (Phi) is 6.56. The van der Waals surface area contributed by atoms with Gasteiger partial charge >= 0.3 is 0 Å². The van der Waals surface area contributed by atoms with Crippen LogP contribution in [0.3, 0.4) is 0 Å². The maximum absolute atomic E-state index is 10.4. The van der Waals surface area contributed by atoms with Gasteiger partial charge in [-0.05, 0) is 71.3 Å². The molecule has 2 heterocycles. The van der Waals surface area contributed by atoms with Crippen LogP contribution in [0, 0.1) is 29.2 Å². The van der Waals surface area contributed by atoms with Gasteiger partial charge in [0.15, 0.2) is 5.69 Å². The maximum atomic E-state index is 10.4. The van der Waals surface area contributed by atoms with Crippen LogP contribution in [0.1, 0.15) is 11.1 Å². The fourth-order valence-corrected chi connectivity index (χ4v) is 7.35. The Hall–Kier alpha value is -7.39. The van der Waals surface area contributed by atoms with E-state index >= 15 is 0 Å². The third-order valence-corrected chi connectivity index (χ3v) is 9.62. The van der Waals surface area contributed by atoms with Crippen molar-refractivity contribution in [2.24, 2.45) is 0 Å². The van der Waals surface area contributed by atoms with Gasteiger partial charge in [-0.15, -0.1) is 0 Å². The molecule has 0 unspecified atom stereocenters. The first-order chi connectivity index (χ1) is 24.7. The van der Waals surface area contributed by atoms with Gasteiger partial charge in [0.05, 0.1) is 51.7 Å². The number of hydrogen-bond acceptors (Lipinski definition) is 2. The van der Waals surface area contributed by atoms with Crippen molar-refractivity contribution < 1.29 is 0 Å². The van der Waals surface area contributed by atoms with Gasteiger partial charge in [-0.25, -0.2) is 4.85 Å². The van der Waals surface area contributed by atoms with Crippen molar-refractivity contribution in [2.75, 3.05) is 0 Å². The van der Waals surface area contributed by atoms with Crippen LogP contribution in [-0.2, 0) is 0 Å². The summed E-state index contributed by atoms with van der Waals surface area (Å²) in [7, 11) is 0. The molecule has 0 saturated heterocycles. The summed E-state index contributed by atoms with van der Waals surface area (Å²) in [6.45, 7) is 7.65. The summed E-state index contributed by atoms with van der Waals surface area (Å²) in [5, 5.41) is 24.3. The first-order valence-electron chi connectivity index (χ1n) is 16.3. The molecular formula is C45H25N5. The number of benzene rings is 7. The predicted molar refractivity (Wildman–Crippen MR) is 202 cm³/mol. The van der Waals surface area contributed by atoms with Crippen LogP contribution in [0.15, 0.2) is 152 Å². The quantitative estimate of drug-likeness (QED) is 0.181. The summed E-state index contributed by atoms with van der Waals surface area (Å²) in [5.74, 6) is 0. The highest BCUT2D eigenvalue weighted by atomic mass is 15.0. The number of para-hydroxylation sites is 3. The van der Waals surface area contributed by atoms with Crippen LogP contribution in [0.4, 0.5) is 5.69 Å². The van der Waals surface area contributed by atoms with E-state index in [1.54, 1.807) is 0 Å². The number of nitrogens with zero attached hydrogens (tertiary/aromatic N) is 5. The first kappa shape index (κ1) is 28.8. The number of hydrogen-bond donors (Lipinski definition) is 0. The Labute approximate surface area is 288 Å². The number of fused-ring (bicyclic) bond motifs is 6. The van der Waals surface area contributed by atoms with Gasteiger partial charge in [0.1, 0.15) is 6.07 Å². The van der Waals surface area contributed by atoms with Gasteiger partial charge in [-0.2, -0.15) is 10.5 Å². The van der Waals surface area contributed by atoms with Gasteiger partial charge in [0.25, 0.3) is 0 Å². The molecule has 0 fully saturated rings. The highest BCUT2D eigenvalue weighted by Gasteiger charge is 2.18. The SMILES string of the molecule is [C-]#[N+]c1ccc2c3cc(C#N)ccc3n(-c3ccccc3-c3ccc(-c4ccc(-n5c6ccccc6c6ccccc65)c(C#N)c4)cc3)c2c1. The first-order valence-corrected chi connectivity index (χ1v) is 16.3. The lowest BCUT2D eigenvalue weighted by Crippen LogP contribution is -1.98. The average Bonchev–Trinajstić information content (AvgIpc) is 3.69. The molecule has 50 heavy (non-hydrogen) atoms. The predicted octanol–water partition coefficient (Wildman–Crippen LogP) is 11.5. The zero-order chi connectivity index (χ0) is 33.8. The Morgan fingerprint density at radius 2 is 1.08 bits per heavy atom. The molecule has 0 bridgehead atoms. The van der Waals surface area contributed by atoms with E-state index in [4.69, 9.17) is 6.57 Å². The summed E-state index contributed by atoms with van der Waals surface area (Å²) in [6, 6.07) is 55.7. The minimum Gasteiger partial charge on any atom is -0.310 e. The molecule has 5 nitrogen and oxygen atoms in total. The lowest BCUT2D eigenvalue weighted by Gasteiger charge is -2.15. The largest absolute Gasteiger partial charge is 0.310 e. The molecule has 9 rings (SSSR count). The molecule has 7 aromatic carbocycles. The lowest BCUT2D eigenvalue weighted by atomic mass is 9.97. The van der Waals surface area contributed by atoms with Crippen molar-refractivity contribution in [3.05, 3.63) is 174 Å². The van der Waals surface area contributed by atoms with E-state index in [-0.39, 0.29) is 0 Å². The summed E-state index contributed by atoms with van der Waals surface area (Å²) in [5.41, 5.74) is 11.7. The highest BCUT2D eigenvalue weighted by Crippen LogP contribution is 2.39. The van der Waals surface area contributed by atoms with E-state index < -0.39 is 0 Å². The number of nitriles is 2. The molecule has 0 saturated carbocycles. The Bertz CT molecular complexity index is 2900. The summed E-state index contributed by atoms with van der Waals surface area (Å²) >= 11 is 0. The summed E-state index contributed by atoms with van der Waals surface area (Å²) < 4.78 is 4.38. The van der Waals surface area contributed by atoms with Crippen LogP contribution < -0.4 is 0 Å². The molecule has 0 N–H and O–H groups in total. The molecule has 0 aliphatic rings. The van der Waals surface area contributed by atoms with Crippen LogP contribution in [-0.4, -0.2) is 9.13 Å². The normalized spacial score (nSPS) is 11.1. The van der Waals surface area contributed by atoms with E-state index in [1.807, 2.05) is 72.8 Å². The van der Waals surface area contributed by atoms with Crippen molar-refractivity contribution in [3.8, 4) is 45.8 Å². The molecule has 0 aliphatic carbocycles. The minimum absolute atomic E-state index is 0.560. The maximum Gasteiger partial charge on any atom is 0.189 e. The summed E-state index contributed by atoms with van der Waals surface area (Å²) in [4.78, 5) is 3.70. The monoisotopic (exact) mass is 635 g/mol. The Morgan fingerprint density at radius 1 is 0.460 bits per heavy atom.